The van der Waals surface area contributed by atoms with Gasteiger partial charge in [0, 0.05) is 18.1 Å². The lowest BCUT2D eigenvalue weighted by molar-refractivity contribution is -0.0309. The zero-order valence-electron chi connectivity index (χ0n) is 15.1. The van der Waals surface area contributed by atoms with Gasteiger partial charge in [0.15, 0.2) is 0 Å². The van der Waals surface area contributed by atoms with Crippen LogP contribution >= 0.6 is 0 Å². The molecule has 2 fully saturated rings. The molecule has 2 nitrogen and oxygen atoms in total. The van der Waals surface area contributed by atoms with E-state index in [9.17, 15) is 0 Å². The van der Waals surface area contributed by atoms with Crippen molar-refractivity contribution in [1.82, 2.24) is 4.90 Å². The Morgan fingerprint density at radius 1 is 1.10 bits per heavy atom. The third-order valence-electron chi connectivity index (χ3n) is 6.51. The van der Waals surface area contributed by atoms with E-state index in [0.717, 1.165) is 24.4 Å². The van der Waals surface area contributed by atoms with Crippen molar-refractivity contribution < 1.29 is 0 Å². The van der Waals surface area contributed by atoms with Gasteiger partial charge in [0.25, 0.3) is 0 Å². The molecule has 0 spiro atoms. The van der Waals surface area contributed by atoms with Crippen LogP contribution < -0.4 is 5.73 Å². The SMILES string of the molecule is CCC1CCC(N(C)C2(CN)CC(C)CC(C)(C)C2)CC1. The summed E-state index contributed by atoms with van der Waals surface area (Å²) in [6.45, 7) is 10.5. The Labute approximate surface area is 132 Å². The average molecular weight is 295 g/mol. The predicted molar refractivity (Wildman–Crippen MR) is 92.4 cm³/mol. The van der Waals surface area contributed by atoms with Gasteiger partial charge in [-0.05, 0) is 69.2 Å². The number of likely N-dealkylation sites (N-methyl/N-ethyl adjacent to an activating group) is 1. The monoisotopic (exact) mass is 294 g/mol. The fourth-order valence-electron chi connectivity index (χ4n) is 5.60. The molecule has 0 bridgehead atoms. The summed E-state index contributed by atoms with van der Waals surface area (Å²) in [5, 5.41) is 0. The zero-order valence-corrected chi connectivity index (χ0v) is 15.1. The first-order valence-corrected chi connectivity index (χ1v) is 9.25. The van der Waals surface area contributed by atoms with E-state index in [1.54, 1.807) is 0 Å². The molecule has 0 radical (unpaired) electrons. The number of nitrogens with two attached hydrogens (primary N) is 1. The third-order valence-corrected chi connectivity index (χ3v) is 6.51. The van der Waals surface area contributed by atoms with Gasteiger partial charge >= 0.3 is 0 Å². The molecule has 0 amide bonds. The van der Waals surface area contributed by atoms with Crippen LogP contribution in [0.1, 0.15) is 79.1 Å². The minimum Gasteiger partial charge on any atom is -0.329 e. The molecule has 2 N–H and O–H groups in total. The van der Waals surface area contributed by atoms with Gasteiger partial charge in [-0.15, -0.1) is 0 Å². The van der Waals surface area contributed by atoms with E-state index in [0.29, 0.717) is 5.41 Å². The van der Waals surface area contributed by atoms with Crippen molar-refractivity contribution in [1.29, 1.82) is 0 Å². The molecule has 0 aliphatic heterocycles. The van der Waals surface area contributed by atoms with Gasteiger partial charge in [-0.2, -0.15) is 0 Å². The Morgan fingerprint density at radius 2 is 1.71 bits per heavy atom. The summed E-state index contributed by atoms with van der Waals surface area (Å²) in [6.07, 6.45) is 10.9. The van der Waals surface area contributed by atoms with Crippen LogP contribution in [0, 0.1) is 17.3 Å². The fraction of sp³-hybridized carbons (Fsp3) is 1.00. The molecule has 0 aromatic heterocycles. The molecular weight excluding hydrogens is 256 g/mol. The van der Waals surface area contributed by atoms with E-state index >= 15 is 0 Å². The Balaban J connectivity index is 2.09. The normalized spacial score (nSPS) is 40.4. The molecule has 0 saturated heterocycles. The largest absolute Gasteiger partial charge is 0.329 e. The number of nitrogens with zero attached hydrogens (tertiary/aromatic N) is 1. The summed E-state index contributed by atoms with van der Waals surface area (Å²) >= 11 is 0. The van der Waals surface area contributed by atoms with Crippen molar-refractivity contribution in [2.75, 3.05) is 13.6 Å². The van der Waals surface area contributed by atoms with Crippen LogP contribution in [0.15, 0.2) is 0 Å². The van der Waals surface area contributed by atoms with E-state index in [-0.39, 0.29) is 5.54 Å². The Kier molecular flexibility index (Phi) is 5.41. The van der Waals surface area contributed by atoms with Gasteiger partial charge in [-0.1, -0.05) is 34.1 Å². The molecule has 2 aliphatic rings. The minimum absolute atomic E-state index is 0.241. The first-order chi connectivity index (χ1) is 9.82. The summed E-state index contributed by atoms with van der Waals surface area (Å²) < 4.78 is 0. The molecule has 2 rings (SSSR count). The van der Waals surface area contributed by atoms with Crippen LogP contribution in [0.3, 0.4) is 0 Å². The lowest BCUT2D eigenvalue weighted by Gasteiger charge is -2.55. The highest BCUT2D eigenvalue weighted by molar-refractivity contribution is 5.02. The van der Waals surface area contributed by atoms with Crippen molar-refractivity contribution in [3.63, 3.8) is 0 Å². The van der Waals surface area contributed by atoms with Gasteiger partial charge < -0.3 is 5.73 Å². The Morgan fingerprint density at radius 3 is 2.19 bits per heavy atom. The minimum atomic E-state index is 0.241. The number of rotatable bonds is 4. The average Bonchev–Trinajstić information content (AvgIpc) is 2.44. The van der Waals surface area contributed by atoms with Crippen LogP contribution in [-0.4, -0.2) is 30.1 Å². The van der Waals surface area contributed by atoms with Crippen LogP contribution in [0.25, 0.3) is 0 Å². The van der Waals surface area contributed by atoms with Crippen LogP contribution in [0.4, 0.5) is 0 Å². The summed E-state index contributed by atoms with van der Waals surface area (Å²) in [6, 6.07) is 0.762. The Hall–Kier alpha value is -0.0800. The summed E-state index contributed by atoms with van der Waals surface area (Å²) in [4.78, 5) is 2.72. The van der Waals surface area contributed by atoms with Gasteiger partial charge in [-0.25, -0.2) is 0 Å². The van der Waals surface area contributed by atoms with E-state index < -0.39 is 0 Å². The highest BCUT2D eigenvalue weighted by Crippen LogP contribution is 2.47. The topological polar surface area (TPSA) is 29.3 Å². The van der Waals surface area contributed by atoms with Crippen molar-refractivity contribution in [3.8, 4) is 0 Å². The number of hydrogen-bond donors (Lipinski definition) is 1. The van der Waals surface area contributed by atoms with Gasteiger partial charge in [-0.3, -0.25) is 4.90 Å². The highest BCUT2D eigenvalue weighted by atomic mass is 15.2. The second kappa shape index (κ2) is 6.58. The van der Waals surface area contributed by atoms with Crippen LogP contribution in [-0.2, 0) is 0 Å². The quantitative estimate of drug-likeness (QED) is 0.831. The second-order valence-corrected chi connectivity index (χ2v) is 8.98. The summed E-state index contributed by atoms with van der Waals surface area (Å²) in [5.74, 6) is 1.77. The van der Waals surface area contributed by atoms with Gasteiger partial charge in [0.2, 0.25) is 0 Å². The zero-order chi connectivity index (χ0) is 15.7. The molecule has 2 aliphatic carbocycles. The summed E-state index contributed by atoms with van der Waals surface area (Å²) in [5.41, 5.74) is 7.02. The maximum Gasteiger partial charge on any atom is 0.0339 e. The first kappa shape index (κ1) is 17.3. The van der Waals surface area contributed by atoms with E-state index in [1.807, 2.05) is 0 Å². The van der Waals surface area contributed by atoms with Crippen molar-refractivity contribution in [3.05, 3.63) is 0 Å². The maximum atomic E-state index is 6.34. The Bertz CT molecular complexity index is 330. The van der Waals surface area contributed by atoms with Crippen LogP contribution in [0.5, 0.6) is 0 Å². The molecule has 124 valence electrons. The van der Waals surface area contributed by atoms with Crippen molar-refractivity contribution in [2.45, 2.75) is 90.6 Å². The van der Waals surface area contributed by atoms with Crippen molar-refractivity contribution in [2.24, 2.45) is 23.0 Å². The van der Waals surface area contributed by atoms with Crippen LogP contribution in [0.2, 0.25) is 0 Å². The second-order valence-electron chi connectivity index (χ2n) is 8.98. The first-order valence-electron chi connectivity index (χ1n) is 9.25. The molecular formula is C19H38N2. The van der Waals surface area contributed by atoms with E-state index in [2.05, 4.69) is 39.6 Å². The third kappa shape index (κ3) is 3.82. The molecule has 0 aromatic carbocycles. The molecule has 2 heteroatoms. The maximum absolute atomic E-state index is 6.34. The van der Waals surface area contributed by atoms with Crippen molar-refractivity contribution >= 4 is 0 Å². The highest BCUT2D eigenvalue weighted by Gasteiger charge is 2.46. The fourth-order valence-corrected chi connectivity index (χ4v) is 5.60. The van der Waals surface area contributed by atoms with E-state index in [1.165, 1.54) is 51.4 Å². The molecule has 2 atom stereocenters. The summed E-state index contributed by atoms with van der Waals surface area (Å²) in [7, 11) is 2.37. The molecule has 0 aromatic rings. The van der Waals surface area contributed by atoms with Gasteiger partial charge in [0.1, 0.15) is 0 Å². The molecule has 0 heterocycles. The smallest absolute Gasteiger partial charge is 0.0339 e. The lowest BCUT2D eigenvalue weighted by atomic mass is 9.63. The molecule has 21 heavy (non-hydrogen) atoms. The standard InChI is InChI=1S/C19H38N2/c1-6-16-7-9-17(10-8-16)21(5)19(14-20)12-15(2)11-18(3,4)13-19/h15-17H,6-14,20H2,1-5H3. The predicted octanol–water partition coefficient (Wildman–Crippen LogP) is 4.43. The molecule has 2 unspecified atom stereocenters. The number of hydrogen-bond acceptors (Lipinski definition) is 2. The molecule has 2 saturated carbocycles. The van der Waals surface area contributed by atoms with Gasteiger partial charge in [0.05, 0.1) is 0 Å². The lowest BCUT2D eigenvalue weighted by Crippen LogP contribution is -2.60. The van der Waals surface area contributed by atoms with E-state index in [4.69, 9.17) is 5.73 Å².